The van der Waals surface area contributed by atoms with Crippen LogP contribution in [0.5, 0.6) is 0 Å². The van der Waals surface area contributed by atoms with E-state index in [-0.39, 0.29) is 5.91 Å². The van der Waals surface area contributed by atoms with Crippen molar-refractivity contribution in [2.45, 2.75) is 13.1 Å². The summed E-state index contributed by atoms with van der Waals surface area (Å²) in [5.41, 5.74) is 3.21. The molecule has 0 aliphatic heterocycles. The summed E-state index contributed by atoms with van der Waals surface area (Å²) >= 11 is 0. The first-order valence-corrected chi connectivity index (χ1v) is 7.57. The number of nitrogens with zero attached hydrogens (tertiary/aromatic N) is 3. The number of pyridine rings is 3. The number of nitrogens with one attached hydrogen (secondary N) is 2. The molecule has 0 aliphatic carbocycles. The number of amides is 1. The fourth-order valence-electron chi connectivity index (χ4n) is 2.14. The van der Waals surface area contributed by atoms with Gasteiger partial charge in [-0.15, -0.1) is 0 Å². The second kappa shape index (κ2) is 7.82. The smallest absolute Gasteiger partial charge is 0.253 e. The number of hydrogen-bond acceptors (Lipinski definition) is 5. The van der Waals surface area contributed by atoms with Crippen molar-refractivity contribution in [1.82, 2.24) is 20.3 Å². The highest BCUT2D eigenvalue weighted by atomic mass is 16.1. The summed E-state index contributed by atoms with van der Waals surface area (Å²) in [7, 11) is 0. The first-order chi connectivity index (χ1) is 11.8. The van der Waals surface area contributed by atoms with Crippen molar-refractivity contribution in [3.63, 3.8) is 0 Å². The van der Waals surface area contributed by atoms with Crippen molar-refractivity contribution >= 4 is 11.6 Å². The number of carbonyl (C=O) groups is 1. The lowest BCUT2D eigenvalue weighted by Gasteiger charge is -2.08. The van der Waals surface area contributed by atoms with E-state index in [1.54, 1.807) is 37.1 Å². The first-order valence-electron chi connectivity index (χ1n) is 7.57. The van der Waals surface area contributed by atoms with E-state index >= 15 is 0 Å². The van der Waals surface area contributed by atoms with Gasteiger partial charge in [0.25, 0.3) is 5.91 Å². The van der Waals surface area contributed by atoms with Crippen LogP contribution in [-0.2, 0) is 13.1 Å². The fourth-order valence-corrected chi connectivity index (χ4v) is 2.14. The van der Waals surface area contributed by atoms with Gasteiger partial charge in [0.15, 0.2) is 0 Å². The van der Waals surface area contributed by atoms with Gasteiger partial charge in [-0.3, -0.25) is 19.7 Å². The van der Waals surface area contributed by atoms with E-state index in [4.69, 9.17) is 0 Å². The zero-order valence-corrected chi connectivity index (χ0v) is 13.0. The van der Waals surface area contributed by atoms with Crippen molar-refractivity contribution in [3.8, 4) is 0 Å². The molecule has 0 unspecified atom stereocenters. The molecule has 1 amide bonds. The average Bonchev–Trinajstić information content (AvgIpc) is 2.66. The van der Waals surface area contributed by atoms with Crippen LogP contribution in [0.25, 0.3) is 0 Å². The molecule has 0 atom stereocenters. The monoisotopic (exact) mass is 319 g/mol. The summed E-state index contributed by atoms with van der Waals surface area (Å²) in [4.78, 5) is 24.5. The molecule has 2 N–H and O–H groups in total. The van der Waals surface area contributed by atoms with Crippen LogP contribution in [0.4, 0.5) is 5.69 Å². The number of anilines is 1. The number of carbonyl (C=O) groups excluding carboxylic acids is 1. The van der Waals surface area contributed by atoms with E-state index in [1.165, 1.54) is 0 Å². The maximum Gasteiger partial charge on any atom is 0.253 e. The third-order valence-electron chi connectivity index (χ3n) is 3.40. The maximum absolute atomic E-state index is 12.2. The third kappa shape index (κ3) is 4.36. The minimum absolute atomic E-state index is 0.180. The molecule has 3 heterocycles. The van der Waals surface area contributed by atoms with Crippen LogP contribution in [-0.4, -0.2) is 20.9 Å². The highest BCUT2D eigenvalue weighted by molar-refractivity contribution is 5.94. The van der Waals surface area contributed by atoms with Gasteiger partial charge in [-0.1, -0.05) is 6.07 Å². The maximum atomic E-state index is 12.2. The Morgan fingerprint density at radius 2 is 1.83 bits per heavy atom. The van der Waals surface area contributed by atoms with Gasteiger partial charge in [0, 0.05) is 37.5 Å². The van der Waals surface area contributed by atoms with Gasteiger partial charge < -0.3 is 10.6 Å². The summed E-state index contributed by atoms with van der Waals surface area (Å²) in [6.07, 6.45) is 8.43. The van der Waals surface area contributed by atoms with Crippen LogP contribution in [0.2, 0.25) is 0 Å². The van der Waals surface area contributed by atoms with Gasteiger partial charge >= 0.3 is 0 Å². The van der Waals surface area contributed by atoms with Crippen molar-refractivity contribution < 1.29 is 4.79 Å². The van der Waals surface area contributed by atoms with E-state index < -0.39 is 0 Å². The summed E-state index contributed by atoms with van der Waals surface area (Å²) < 4.78 is 0. The molecule has 0 aliphatic rings. The SMILES string of the molecule is O=C(NCc1ccccn1)c1cncc(NCc2ccncc2)c1. The fraction of sp³-hybridized carbons (Fsp3) is 0.111. The van der Waals surface area contributed by atoms with Gasteiger partial charge in [-0.2, -0.15) is 0 Å². The molecule has 6 nitrogen and oxygen atoms in total. The number of aromatic nitrogens is 3. The molecule has 3 rings (SSSR count). The minimum atomic E-state index is -0.180. The molecule has 0 fully saturated rings. The second-order valence-electron chi connectivity index (χ2n) is 5.18. The lowest BCUT2D eigenvalue weighted by Crippen LogP contribution is -2.23. The molecule has 0 saturated carbocycles. The second-order valence-corrected chi connectivity index (χ2v) is 5.18. The zero-order valence-electron chi connectivity index (χ0n) is 13.0. The quantitative estimate of drug-likeness (QED) is 0.729. The first kappa shape index (κ1) is 15.6. The molecule has 0 saturated heterocycles. The van der Waals surface area contributed by atoms with E-state index in [2.05, 4.69) is 25.6 Å². The summed E-state index contributed by atoms with van der Waals surface area (Å²) in [5.74, 6) is -0.180. The third-order valence-corrected chi connectivity index (χ3v) is 3.40. The van der Waals surface area contributed by atoms with Gasteiger partial charge in [0.1, 0.15) is 0 Å². The Hall–Kier alpha value is -3.28. The molecule has 24 heavy (non-hydrogen) atoms. The lowest BCUT2D eigenvalue weighted by molar-refractivity contribution is 0.0950. The zero-order chi connectivity index (χ0) is 16.6. The van der Waals surface area contributed by atoms with Gasteiger partial charge in [-0.05, 0) is 35.9 Å². The molecule has 0 aromatic carbocycles. The lowest BCUT2D eigenvalue weighted by atomic mass is 10.2. The largest absolute Gasteiger partial charge is 0.380 e. The van der Waals surface area contributed by atoms with Crippen molar-refractivity contribution in [2.75, 3.05) is 5.32 Å². The van der Waals surface area contributed by atoms with E-state index in [1.807, 2.05) is 30.3 Å². The topological polar surface area (TPSA) is 79.8 Å². The van der Waals surface area contributed by atoms with Crippen LogP contribution in [0.3, 0.4) is 0 Å². The predicted molar refractivity (Wildman–Crippen MR) is 91.2 cm³/mol. The normalized spacial score (nSPS) is 10.2. The summed E-state index contributed by atoms with van der Waals surface area (Å²) in [6.45, 7) is 1.03. The molecule has 3 aromatic rings. The molecule has 0 bridgehead atoms. The van der Waals surface area contributed by atoms with Gasteiger partial charge in [0.05, 0.1) is 23.5 Å². The van der Waals surface area contributed by atoms with Crippen molar-refractivity contribution in [1.29, 1.82) is 0 Å². The molecular weight excluding hydrogens is 302 g/mol. The van der Waals surface area contributed by atoms with E-state index in [9.17, 15) is 4.79 Å². The standard InChI is InChI=1S/C18H17N5O/c24-18(23-13-16-3-1-2-6-21-16)15-9-17(12-20-11-15)22-10-14-4-7-19-8-5-14/h1-9,11-12,22H,10,13H2,(H,23,24). The van der Waals surface area contributed by atoms with Crippen LogP contribution in [0.15, 0.2) is 67.4 Å². The van der Waals surface area contributed by atoms with E-state index in [0.717, 1.165) is 16.9 Å². The summed E-state index contributed by atoms with van der Waals surface area (Å²) in [5, 5.41) is 6.09. The Labute approximate surface area is 140 Å². The molecule has 0 spiro atoms. The van der Waals surface area contributed by atoms with Crippen molar-refractivity contribution in [3.05, 3.63) is 84.2 Å². The Balaban J connectivity index is 1.59. The Morgan fingerprint density at radius 1 is 0.958 bits per heavy atom. The Kier molecular flexibility index (Phi) is 5.09. The minimum Gasteiger partial charge on any atom is -0.380 e. The molecule has 6 heteroatoms. The van der Waals surface area contributed by atoms with Gasteiger partial charge in [0.2, 0.25) is 0 Å². The molecule has 0 radical (unpaired) electrons. The van der Waals surface area contributed by atoms with Crippen molar-refractivity contribution in [2.24, 2.45) is 0 Å². The molecule has 120 valence electrons. The van der Waals surface area contributed by atoms with Crippen LogP contribution in [0.1, 0.15) is 21.6 Å². The predicted octanol–water partition coefficient (Wildman–Crippen LogP) is 2.41. The van der Waals surface area contributed by atoms with Crippen LogP contribution >= 0.6 is 0 Å². The van der Waals surface area contributed by atoms with E-state index in [0.29, 0.717) is 18.7 Å². The number of hydrogen-bond donors (Lipinski definition) is 2. The Morgan fingerprint density at radius 3 is 2.62 bits per heavy atom. The number of rotatable bonds is 6. The van der Waals surface area contributed by atoms with Gasteiger partial charge in [-0.25, -0.2) is 0 Å². The highest BCUT2D eigenvalue weighted by Gasteiger charge is 2.07. The molecule has 3 aromatic heterocycles. The summed E-state index contributed by atoms with van der Waals surface area (Å²) in [6, 6.07) is 11.2. The average molecular weight is 319 g/mol. The van der Waals surface area contributed by atoms with Crippen LogP contribution < -0.4 is 10.6 Å². The highest BCUT2D eigenvalue weighted by Crippen LogP contribution is 2.10. The van der Waals surface area contributed by atoms with Crippen LogP contribution in [0, 0.1) is 0 Å². The molecular formula is C18H17N5O. The Bertz CT molecular complexity index is 793.